The maximum Gasteiger partial charge on any atom is 0.414 e. The number of aromatic nitrogens is 2. The van der Waals surface area contributed by atoms with Crippen LogP contribution in [-0.4, -0.2) is 17.3 Å². The summed E-state index contributed by atoms with van der Waals surface area (Å²) < 4.78 is 9.94. The number of anilines is 1. The van der Waals surface area contributed by atoms with Gasteiger partial charge in [-0.25, -0.2) is 0 Å². The maximum absolute atomic E-state index is 5.97. The van der Waals surface area contributed by atoms with Crippen LogP contribution >= 0.6 is 11.6 Å². The van der Waals surface area contributed by atoms with Crippen LogP contribution in [0.1, 0.15) is 0 Å². The Bertz CT molecular complexity index is 484. The molecule has 0 saturated heterocycles. The van der Waals surface area contributed by atoms with Gasteiger partial charge in [0.05, 0.1) is 17.7 Å². The van der Waals surface area contributed by atoms with Crippen LogP contribution in [0.25, 0.3) is 11.5 Å². The third kappa shape index (κ3) is 1.87. The molecule has 0 saturated carbocycles. The van der Waals surface area contributed by atoms with E-state index in [1.54, 1.807) is 18.2 Å². The topological polar surface area (TPSA) is 74.2 Å². The lowest BCUT2D eigenvalue weighted by Crippen LogP contribution is -1.86. The zero-order valence-electron chi connectivity index (χ0n) is 7.90. The van der Waals surface area contributed by atoms with Crippen LogP contribution in [0.2, 0.25) is 5.02 Å². The molecule has 1 aromatic carbocycles. The smallest absolute Gasteiger partial charge is 0.414 e. The molecule has 0 aliphatic heterocycles. The minimum absolute atomic E-state index is 0.0953. The summed E-state index contributed by atoms with van der Waals surface area (Å²) in [5.41, 5.74) is 6.77. The Labute approximate surface area is 90.8 Å². The lowest BCUT2D eigenvalue weighted by Gasteiger charge is -1.99. The molecule has 15 heavy (non-hydrogen) atoms. The van der Waals surface area contributed by atoms with Crippen LogP contribution in [0.4, 0.5) is 5.69 Å². The summed E-state index contributed by atoms with van der Waals surface area (Å²) >= 11 is 5.97. The van der Waals surface area contributed by atoms with Gasteiger partial charge in [0.25, 0.3) is 5.89 Å². The summed E-state index contributed by atoms with van der Waals surface area (Å²) in [5, 5.41) is 7.89. The summed E-state index contributed by atoms with van der Waals surface area (Å²) in [6, 6.07) is 5.04. The molecule has 0 unspecified atom stereocenters. The van der Waals surface area contributed by atoms with Crippen molar-refractivity contribution in [1.29, 1.82) is 0 Å². The van der Waals surface area contributed by atoms with E-state index in [9.17, 15) is 0 Å². The fraction of sp³-hybridized carbons (Fsp3) is 0.111. The van der Waals surface area contributed by atoms with Gasteiger partial charge in [-0.2, -0.15) is 0 Å². The van der Waals surface area contributed by atoms with Crippen molar-refractivity contribution in [3.8, 4) is 17.5 Å². The van der Waals surface area contributed by atoms with E-state index in [-0.39, 0.29) is 6.08 Å². The van der Waals surface area contributed by atoms with Crippen LogP contribution in [0, 0.1) is 0 Å². The first-order valence-electron chi connectivity index (χ1n) is 4.13. The average molecular weight is 226 g/mol. The van der Waals surface area contributed by atoms with Crippen molar-refractivity contribution in [3.05, 3.63) is 23.2 Å². The quantitative estimate of drug-likeness (QED) is 0.791. The third-order valence-corrected chi connectivity index (χ3v) is 2.12. The molecule has 0 aliphatic carbocycles. The van der Waals surface area contributed by atoms with Gasteiger partial charge in [0.1, 0.15) is 0 Å². The molecule has 78 valence electrons. The number of nitrogen functional groups attached to an aromatic ring is 1. The highest BCUT2D eigenvalue weighted by atomic mass is 35.5. The van der Waals surface area contributed by atoms with E-state index >= 15 is 0 Å². The van der Waals surface area contributed by atoms with Crippen molar-refractivity contribution in [2.75, 3.05) is 12.8 Å². The van der Waals surface area contributed by atoms with E-state index in [0.29, 0.717) is 22.2 Å². The minimum atomic E-state index is 0.0953. The molecule has 1 aromatic heterocycles. The Morgan fingerprint density at radius 1 is 1.40 bits per heavy atom. The number of benzene rings is 1. The van der Waals surface area contributed by atoms with Crippen molar-refractivity contribution in [2.45, 2.75) is 0 Å². The maximum atomic E-state index is 5.97. The molecule has 2 rings (SSSR count). The highest BCUT2D eigenvalue weighted by molar-refractivity contribution is 6.33. The summed E-state index contributed by atoms with van der Waals surface area (Å²) in [6.07, 6.45) is 0.0953. The number of rotatable bonds is 2. The van der Waals surface area contributed by atoms with Crippen molar-refractivity contribution >= 4 is 17.3 Å². The Morgan fingerprint density at radius 3 is 2.80 bits per heavy atom. The predicted molar refractivity (Wildman–Crippen MR) is 55.7 cm³/mol. The number of halogens is 1. The monoisotopic (exact) mass is 225 g/mol. The molecular weight excluding hydrogens is 218 g/mol. The number of nitrogens with two attached hydrogens (primary N) is 1. The summed E-state index contributed by atoms with van der Waals surface area (Å²) in [6.45, 7) is 0. The van der Waals surface area contributed by atoms with E-state index in [1.807, 2.05) is 0 Å². The normalized spacial score (nSPS) is 10.3. The van der Waals surface area contributed by atoms with Crippen LogP contribution in [-0.2, 0) is 0 Å². The second kappa shape index (κ2) is 3.78. The first-order valence-corrected chi connectivity index (χ1v) is 4.51. The number of nitrogens with zero attached hydrogens (tertiary/aromatic N) is 2. The van der Waals surface area contributed by atoms with Gasteiger partial charge in [-0.15, -0.1) is 5.10 Å². The van der Waals surface area contributed by atoms with Gasteiger partial charge in [0.15, 0.2) is 0 Å². The van der Waals surface area contributed by atoms with Crippen LogP contribution < -0.4 is 10.5 Å². The van der Waals surface area contributed by atoms with Crippen LogP contribution in [0.5, 0.6) is 6.08 Å². The van der Waals surface area contributed by atoms with Gasteiger partial charge in [-0.1, -0.05) is 16.7 Å². The summed E-state index contributed by atoms with van der Waals surface area (Å²) in [7, 11) is 1.45. The van der Waals surface area contributed by atoms with Gasteiger partial charge in [0, 0.05) is 5.69 Å². The van der Waals surface area contributed by atoms with E-state index in [4.69, 9.17) is 26.5 Å². The minimum Gasteiger partial charge on any atom is -0.452 e. The van der Waals surface area contributed by atoms with Crippen LogP contribution in [0.3, 0.4) is 0 Å². The molecule has 0 fully saturated rings. The molecule has 1 heterocycles. The molecule has 5 nitrogen and oxygen atoms in total. The van der Waals surface area contributed by atoms with Gasteiger partial charge < -0.3 is 14.9 Å². The number of ether oxygens (including phenoxy) is 1. The first kappa shape index (κ1) is 9.79. The van der Waals surface area contributed by atoms with Gasteiger partial charge in [0.2, 0.25) is 0 Å². The lowest BCUT2D eigenvalue weighted by molar-refractivity contribution is 0.293. The molecule has 2 N–H and O–H groups in total. The van der Waals surface area contributed by atoms with Crippen molar-refractivity contribution < 1.29 is 9.15 Å². The Hall–Kier alpha value is -1.75. The van der Waals surface area contributed by atoms with E-state index in [1.165, 1.54) is 7.11 Å². The molecule has 6 heteroatoms. The average Bonchev–Trinajstić information content (AvgIpc) is 2.66. The fourth-order valence-electron chi connectivity index (χ4n) is 1.11. The van der Waals surface area contributed by atoms with Crippen molar-refractivity contribution in [1.82, 2.24) is 10.2 Å². The highest BCUT2D eigenvalue weighted by Gasteiger charge is 2.11. The molecule has 0 aliphatic rings. The van der Waals surface area contributed by atoms with E-state index in [2.05, 4.69) is 10.2 Å². The zero-order valence-corrected chi connectivity index (χ0v) is 8.65. The predicted octanol–water partition coefficient (Wildman–Crippen LogP) is 1.98. The Kier molecular flexibility index (Phi) is 2.47. The zero-order chi connectivity index (χ0) is 10.8. The highest BCUT2D eigenvalue weighted by Crippen LogP contribution is 2.29. The van der Waals surface area contributed by atoms with Gasteiger partial charge in [-0.05, 0) is 18.2 Å². The largest absolute Gasteiger partial charge is 0.452 e. The SMILES string of the molecule is COc1nnc(-c2ccc(N)cc2Cl)o1. The van der Waals surface area contributed by atoms with Crippen molar-refractivity contribution in [2.24, 2.45) is 0 Å². The third-order valence-electron chi connectivity index (χ3n) is 1.80. The molecule has 0 atom stereocenters. The van der Waals surface area contributed by atoms with E-state index < -0.39 is 0 Å². The Morgan fingerprint density at radius 2 is 2.20 bits per heavy atom. The molecule has 0 amide bonds. The Balaban J connectivity index is 2.44. The second-order valence-electron chi connectivity index (χ2n) is 2.82. The molecule has 0 radical (unpaired) electrons. The second-order valence-corrected chi connectivity index (χ2v) is 3.22. The van der Waals surface area contributed by atoms with E-state index in [0.717, 1.165) is 0 Å². The molecule has 0 bridgehead atoms. The summed E-state index contributed by atoms with van der Waals surface area (Å²) in [4.78, 5) is 0. The first-order chi connectivity index (χ1) is 7.20. The van der Waals surface area contributed by atoms with Gasteiger partial charge in [-0.3, -0.25) is 0 Å². The number of hydrogen-bond donors (Lipinski definition) is 1. The number of methoxy groups -OCH3 is 1. The standard InChI is InChI=1S/C9H8ClN3O2/c1-14-9-13-12-8(15-9)6-3-2-5(11)4-7(6)10/h2-4H,11H2,1H3. The molecule has 0 spiro atoms. The fourth-order valence-corrected chi connectivity index (χ4v) is 1.38. The van der Waals surface area contributed by atoms with Crippen LogP contribution in [0.15, 0.2) is 22.6 Å². The van der Waals surface area contributed by atoms with Crippen molar-refractivity contribution in [3.63, 3.8) is 0 Å². The summed E-state index contributed by atoms with van der Waals surface area (Å²) in [5.74, 6) is 0.303. The molecular formula is C9H8ClN3O2. The number of hydrogen-bond acceptors (Lipinski definition) is 5. The lowest BCUT2D eigenvalue weighted by atomic mass is 10.2. The van der Waals surface area contributed by atoms with Gasteiger partial charge >= 0.3 is 6.08 Å². The molecule has 2 aromatic rings.